The van der Waals surface area contributed by atoms with Gasteiger partial charge in [-0.05, 0) is 25.1 Å². The number of halogens is 2. The molecule has 0 atom stereocenters. The van der Waals surface area contributed by atoms with E-state index in [2.05, 4.69) is 15.9 Å². The molecular weight excluding hydrogens is 217 g/mol. The van der Waals surface area contributed by atoms with Crippen LogP contribution < -0.4 is 0 Å². The Morgan fingerprint density at radius 1 is 1.55 bits per heavy atom. The van der Waals surface area contributed by atoms with Crippen molar-refractivity contribution in [3.8, 4) is 0 Å². The number of hydrogen-bond donors (Lipinski definition) is 0. The molecule has 0 heterocycles. The zero-order valence-corrected chi connectivity index (χ0v) is 7.48. The lowest BCUT2D eigenvalue weighted by Crippen LogP contribution is -1.93. The lowest BCUT2D eigenvalue weighted by atomic mass is 10.6. The van der Waals surface area contributed by atoms with Crippen LogP contribution in [0.4, 0.5) is 4.39 Å². The largest absolute Gasteiger partial charge is 0.294 e. The van der Waals surface area contributed by atoms with E-state index >= 15 is 0 Å². The first kappa shape index (κ1) is 8.40. The van der Waals surface area contributed by atoms with Gasteiger partial charge in [-0.1, -0.05) is 15.9 Å². The molecular formula is C8H6BrFO. The van der Waals surface area contributed by atoms with Crippen LogP contribution >= 0.6 is 15.9 Å². The second kappa shape index (κ2) is 3.13. The van der Waals surface area contributed by atoms with Gasteiger partial charge in [0, 0.05) is 10.0 Å². The molecule has 0 aliphatic heterocycles. The molecule has 1 aromatic carbocycles. The number of benzene rings is 1. The van der Waals surface area contributed by atoms with Crippen molar-refractivity contribution in [1.82, 2.24) is 0 Å². The fourth-order valence-electron chi connectivity index (χ4n) is 0.767. The summed E-state index contributed by atoms with van der Waals surface area (Å²) < 4.78 is 13.2. The number of rotatable bonds is 1. The highest BCUT2D eigenvalue weighted by Gasteiger charge is 2.04. The fourth-order valence-corrected chi connectivity index (χ4v) is 1.29. The smallest absolute Gasteiger partial charge is 0.161 e. The van der Waals surface area contributed by atoms with Gasteiger partial charge in [0.1, 0.15) is 5.82 Å². The Morgan fingerprint density at radius 3 is 2.64 bits per heavy atom. The molecule has 0 aliphatic carbocycles. The molecule has 0 N–H and O–H groups in total. The monoisotopic (exact) mass is 222 g/mol. The average molecular weight is 223 g/mol. The van der Waals surface area contributed by atoms with E-state index in [1.807, 2.05) is 0 Å². The average Bonchev–Trinajstić information content (AvgIpc) is 1.94. The van der Waals surface area contributed by atoms with Crippen molar-refractivity contribution >= 4 is 21.7 Å². The molecule has 0 unspecified atom stereocenters. The minimum Gasteiger partial charge on any atom is -0.294 e. The lowest BCUT2D eigenvalue weighted by Gasteiger charge is -1.98. The van der Waals surface area contributed by atoms with Gasteiger partial charge in [0.15, 0.2) is 5.78 Å². The van der Waals surface area contributed by atoms with E-state index < -0.39 is 5.82 Å². The van der Waals surface area contributed by atoms with Crippen LogP contribution in [0, 0.1) is 5.82 Å². The molecule has 58 valence electrons. The highest BCUT2D eigenvalue weighted by atomic mass is 79.9. The van der Waals surface area contributed by atoms with Crippen molar-refractivity contribution in [3.63, 3.8) is 0 Å². The number of Topliss-reactive ketones (excluding diaryl/α,β-unsaturated/α-hetero) is 1. The van der Waals surface area contributed by atoms with Crippen molar-refractivity contribution in [1.29, 1.82) is 0 Å². The number of carbonyl (C=O) groups is 1. The van der Waals surface area contributed by atoms with Gasteiger partial charge in [0.05, 0.1) is 0 Å². The van der Waals surface area contributed by atoms with Crippen molar-refractivity contribution in [2.45, 2.75) is 6.92 Å². The molecule has 0 amide bonds. The van der Waals surface area contributed by atoms with E-state index in [1.54, 1.807) is 0 Å². The van der Waals surface area contributed by atoms with E-state index in [9.17, 15) is 9.18 Å². The molecule has 1 nitrogen and oxygen atoms in total. The van der Waals surface area contributed by atoms with Crippen LogP contribution in [0.5, 0.6) is 0 Å². The minimum absolute atomic E-state index is 0.142. The first-order valence-electron chi connectivity index (χ1n) is 3.07. The number of ketones is 1. The zero-order valence-electron chi connectivity index (χ0n) is 5.90. The molecule has 0 saturated carbocycles. The molecule has 0 saturated heterocycles. The standard InChI is InChI=1S/C8H6BrFO/c1-5(11)7-4-6(10)2-3-8(7)9/h2-4H,1H3/i2+1,3+1,4+1,6+1,7+1,8+1. The maximum Gasteiger partial charge on any atom is 0.161 e. The summed E-state index contributed by atoms with van der Waals surface area (Å²) in [5.41, 5.74) is 0.380. The highest BCUT2D eigenvalue weighted by Crippen LogP contribution is 2.17. The number of hydrogen-bond acceptors (Lipinski definition) is 1. The lowest BCUT2D eigenvalue weighted by molar-refractivity contribution is 0.101. The van der Waals surface area contributed by atoms with E-state index in [0.717, 1.165) is 0 Å². The minimum atomic E-state index is -0.390. The summed E-state index contributed by atoms with van der Waals surface area (Å²) in [7, 11) is 0. The summed E-state index contributed by atoms with van der Waals surface area (Å²) >= 11 is 3.14. The van der Waals surface area contributed by atoms with Crippen molar-refractivity contribution in [2.24, 2.45) is 0 Å². The summed E-state index contributed by atoms with van der Waals surface area (Å²) in [6, 6.07) is 4.04. The maximum atomic E-state index is 12.5. The van der Waals surface area contributed by atoms with E-state index in [0.29, 0.717) is 10.0 Å². The van der Waals surface area contributed by atoms with Crippen LogP contribution in [0.3, 0.4) is 0 Å². The molecule has 0 radical (unpaired) electrons. The Hall–Kier alpha value is -0.700. The molecule has 0 aromatic heterocycles. The third-order valence-electron chi connectivity index (χ3n) is 1.31. The Kier molecular flexibility index (Phi) is 2.39. The van der Waals surface area contributed by atoms with Crippen molar-refractivity contribution < 1.29 is 9.18 Å². The van der Waals surface area contributed by atoms with Gasteiger partial charge in [-0.25, -0.2) is 4.39 Å². The van der Waals surface area contributed by atoms with Gasteiger partial charge in [0.2, 0.25) is 0 Å². The van der Waals surface area contributed by atoms with Gasteiger partial charge < -0.3 is 0 Å². The molecule has 1 aromatic rings. The predicted molar refractivity (Wildman–Crippen MR) is 44.1 cm³/mol. The molecule has 3 heteroatoms. The second-order valence-electron chi connectivity index (χ2n) is 2.18. The Morgan fingerprint density at radius 2 is 2.18 bits per heavy atom. The summed E-state index contributed by atoms with van der Waals surface area (Å²) in [5, 5.41) is 0. The Bertz CT molecular complexity index is 296. The van der Waals surface area contributed by atoms with Crippen LogP contribution in [0.25, 0.3) is 0 Å². The van der Waals surface area contributed by atoms with Crippen LogP contribution in [0.1, 0.15) is 17.3 Å². The van der Waals surface area contributed by atoms with E-state index in [1.165, 1.54) is 25.1 Å². The summed E-state index contributed by atoms with van der Waals surface area (Å²) in [4.78, 5) is 10.8. The van der Waals surface area contributed by atoms with Crippen LogP contribution in [-0.4, -0.2) is 5.78 Å². The normalized spacial score (nSPS) is 9.73. The van der Waals surface area contributed by atoms with Crippen LogP contribution in [0.2, 0.25) is 0 Å². The first-order valence-corrected chi connectivity index (χ1v) is 3.86. The van der Waals surface area contributed by atoms with E-state index in [-0.39, 0.29) is 5.78 Å². The molecule has 0 bridgehead atoms. The van der Waals surface area contributed by atoms with Gasteiger partial charge >= 0.3 is 0 Å². The Labute approximate surface area is 72.4 Å². The first-order chi connectivity index (χ1) is 5.11. The van der Waals surface area contributed by atoms with E-state index in [4.69, 9.17) is 0 Å². The van der Waals surface area contributed by atoms with Crippen molar-refractivity contribution in [3.05, 3.63) is 34.1 Å². The third-order valence-corrected chi connectivity index (χ3v) is 2.00. The molecule has 0 fully saturated rings. The van der Waals surface area contributed by atoms with Gasteiger partial charge in [0.25, 0.3) is 0 Å². The number of carbonyl (C=O) groups excluding carboxylic acids is 1. The zero-order chi connectivity index (χ0) is 8.43. The van der Waals surface area contributed by atoms with Crippen LogP contribution in [-0.2, 0) is 0 Å². The summed E-state index contributed by atoms with van der Waals surface area (Å²) in [6.45, 7) is 1.40. The van der Waals surface area contributed by atoms with Crippen LogP contribution in [0.15, 0.2) is 22.7 Å². The SMILES string of the molecule is CC(=O)[13c]1[13cH][13c](F)[13cH][13cH][13c]1Br. The topological polar surface area (TPSA) is 17.1 Å². The quantitative estimate of drug-likeness (QED) is 0.669. The summed E-state index contributed by atoms with van der Waals surface area (Å²) in [6.07, 6.45) is 0. The molecule has 0 aliphatic rings. The van der Waals surface area contributed by atoms with Gasteiger partial charge in [-0.2, -0.15) is 0 Å². The summed E-state index contributed by atoms with van der Waals surface area (Å²) in [5.74, 6) is -0.533. The van der Waals surface area contributed by atoms with Gasteiger partial charge in [-0.15, -0.1) is 0 Å². The van der Waals surface area contributed by atoms with Crippen molar-refractivity contribution in [2.75, 3.05) is 0 Å². The maximum absolute atomic E-state index is 12.5. The molecule has 1 rings (SSSR count). The predicted octanol–water partition coefficient (Wildman–Crippen LogP) is 2.79. The highest BCUT2D eigenvalue weighted by molar-refractivity contribution is 9.10. The third kappa shape index (κ3) is 1.87. The molecule has 11 heavy (non-hydrogen) atoms. The Balaban J connectivity index is 3.23. The van der Waals surface area contributed by atoms with Gasteiger partial charge in [-0.3, -0.25) is 4.79 Å². The second-order valence-corrected chi connectivity index (χ2v) is 3.03. The fraction of sp³-hybridized carbons (Fsp3) is 0.125. The molecule has 0 spiro atoms.